The largest absolute Gasteiger partial charge is 0.367 e. The van der Waals surface area contributed by atoms with Crippen LogP contribution in [0.1, 0.15) is 19.8 Å². The lowest BCUT2D eigenvalue weighted by molar-refractivity contribution is 0.618. The fraction of sp³-hybridized carbons (Fsp3) is 0.357. The third-order valence-electron chi connectivity index (χ3n) is 2.63. The Kier molecular flexibility index (Phi) is 5.15. The predicted octanol–water partition coefficient (Wildman–Crippen LogP) is 3.37. The van der Waals surface area contributed by atoms with Gasteiger partial charge in [-0.05, 0) is 25.5 Å². The molecular formula is C14H18N2. The summed E-state index contributed by atoms with van der Waals surface area (Å²) >= 11 is 0. The van der Waals surface area contributed by atoms with Gasteiger partial charge in [0, 0.05) is 18.3 Å². The van der Waals surface area contributed by atoms with E-state index in [0.29, 0.717) is 6.42 Å². The lowest BCUT2D eigenvalue weighted by Crippen LogP contribution is -2.34. The van der Waals surface area contributed by atoms with E-state index in [1.807, 2.05) is 24.3 Å². The summed E-state index contributed by atoms with van der Waals surface area (Å²) in [6.45, 7) is 6.78. The summed E-state index contributed by atoms with van der Waals surface area (Å²) in [6.07, 6.45) is 3.26. The second kappa shape index (κ2) is 6.68. The van der Waals surface area contributed by atoms with Gasteiger partial charge in [-0.2, -0.15) is 5.26 Å². The van der Waals surface area contributed by atoms with Gasteiger partial charge in [0.05, 0.1) is 12.5 Å². The molecule has 2 heteroatoms. The number of rotatable bonds is 6. The molecule has 0 bridgehead atoms. The number of benzene rings is 1. The minimum absolute atomic E-state index is 0.231. The number of para-hydroxylation sites is 1. The highest BCUT2D eigenvalue weighted by Crippen LogP contribution is 2.19. The van der Waals surface area contributed by atoms with Crippen molar-refractivity contribution in [2.75, 3.05) is 11.4 Å². The molecule has 0 saturated heterocycles. The lowest BCUT2D eigenvalue weighted by atomic mass is 10.1. The van der Waals surface area contributed by atoms with Crippen LogP contribution >= 0.6 is 0 Å². The zero-order valence-corrected chi connectivity index (χ0v) is 9.76. The summed E-state index contributed by atoms with van der Waals surface area (Å²) in [7, 11) is 0. The van der Waals surface area contributed by atoms with E-state index in [1.54, 1.807) is 0 Å². The van der Waals surface area contributed by atoms with Crippen LogP contribution in [-0.2, 0) is 0 Å². The van der Waals surface area contributed by atoms with Crippen molar-refractivity contribution in [2.45, 2.75) is 25.8 Å². The highest BCUT2D eigenvalue weighted by Gasteiger charge is 2.15. The zero-order chi connectivity index (χ0) is 11.8. The first-order valence-electron chi connectivity index (χ1n) is 5.63. The van der Waals surface area contributed by atoms with Crippen LogP contribution in [0.15, 0.2) is 43.0 Å². The van der Waals surface area contributed by atoms with Crippen molar-refractivity contribution >= 4 is 5.69 Å². The Bertz CT molecular complexity index is 351. The van der Waals surface area contributed by atoms with E-state index in [2.05, 4.69) is 36.6 Å². The summed E-state index contributed by atoms with van der Waals surface area (Å²) in [5.41, 5.74) is 1.17. The van der Waals surface area contributed by atoms with Crippen molar-refractivity contribution in [2.24, 2.45) is 0 Å². The molecule has 84 valence electrons. The maximum Gasteiger partial charge on any atom is 0.0643 e. The standard InChI is InChI=1S/C14H18N2/c1-3-8-13(11-12-15)16(4-2)14-9-6-5-7-10-14/h3,5-7,9-10,13H,1,4,8,11H2,2H3. The average molecular weight is 214 g/mol. The first-order valence-corrected chi connectivity index (χ1v) is 5.63. The Hall–Kier alpha value is -1.75. The van der Waals surface area contributed by atoms with Gasteiger partial charge in [0.25, 0.3) is 0 Å². The third-order valence-corrected chi connectivity index (χ3v) is 2.63. The van der Waals surface area contributed by atoms with E-state index < -0.39 is 0 Å². The van der Waals surface area contributed by atoms with Crippen LogP contribution in [0.5, 0.6) is 0 Å². The molecule has 0 saturated carbocycles. The van der Waals surface area contributed by atoms with E-state index in [-0.39, 0.29) is 6.04 Å². The summed E-state index contributed by atoms with van der Waals surface area (Å²) in [5, 5.41) is 8.84. The van der Waals surface area contributed by atoms with Crippen LogP contribution in [-0.4, -0.2) is 12.6 Å². The molecule has 1 rings (SSSR count). The van der Waals surface area contributed by atoms with E-state index in [1.165, 1.54) is 5.69 Å². The van der Waals surface area contributed by atoms with E-state index in [0.717, 1.165) is 13.0 Å². The van der Waals surface area contributed by atoms with Crippen LogP contribution in [0, 0.1) is 11.3 Å². The number of nitriles is 1. The third kappa shape index (κ3) is 3.13. The van der Waals surface area contributed by atoms with Crippen LogP contribution in [0.2, 0.25) is 0 Å². The molecule has 0 fully saturated rings. The Labute approximate surface area is 97.8 Å². The molecule has 0 N–H and O–H groups in total. The molecule has 1 unspecified atom stereocenters. The number of anilines is 1. The van der Waals surface area contributed by atoms with Gasteiger partial charge in [-0.25, -0.2) is 0 Å². The molecule has 0 radical (unpaired) electrons. The van der Waals surface area contributed by atoms with Gasteiger partial charge < -0.3 is 4.90 Å². The van der Waals surface area contributed by atoms with Gasteiger partial charge in [0.2, 0.25) is 0 Å². The highest BCUT2D eigenvalue weighted by atomic mass is 15.2. The van der Waals surface area contributed by atoms with E-state index >= 15 is 0 Å². The first kappa shape index (κ1) is 12.3. The van der Waals surface area contributed by atoms with E-state index in [4.69, 9.17) is 5.26 Å². The minimum Gasteiger partial charge on any atom is -0.367 e. The highest BCUT2D eigenvalue weighted by molar-refractivity contribution is 5.47. The molecule has 0 amide bonds. The first-order chi connectivity index (χ1) is 7.83. The number of nitrogens with zero attached hydrogens (tertiary/aromatic N) is 2. The van der Waals surface area contributed by atoms with Crippen molar-refractivity contribution in [3.63, 3.8) is 0 Å². The predicted molar refractivity (Wildman–Crippen MR) is 68.3 cm³/mol. The van der Waals surface area contributed by atoms with Crippen molar-refractivity contribution in [1.29, 1.82) is 5.26 Å². The second-order valence-corrected chi connectivity index (χ2v) is 3.66. The van der Waals surface area contributed by atoms with Crippen LogP contribution in [0.3, 0.4) is 0 Å². The Morgan fingerprint density at radius 2 is 2.12 bits per heavy atom. The fourth-order valence-electron chi connectivity index (χ4n) is 1.89. The van der Waals surface area contributed by atoms with Crippen molar-refractivity contribution in [3.05, 3.63) is 43.0 Å². The second-order valence-electron chi connectivity index (χ2n) is 3.66. The summed E-state index contributed by atoms with van der Waals surface area (Å²) in [5.74, 6) is 0. The molecule has 0 heterocycles. The zero-order valence-electron chi connectivity index (χ0n) is 9.76. The van der Waals surface area contributed by atoms with E-state index in [9.17, 15) is 0 Å². The molecule has 0 aromatic heterocycles. The Balaban J connectivity index is 2.86. The summed E-state index contributed by atoms with van der Waals surface area (Å²) < 4.78 is 0. The molecule has 2 nitrogen and oxygen atoms in total. The van der Waals surface area contributed by atoms with Crippen LogP contribution in [0.25, 0.3) is 0 Å². The topological polar surface area (TPSA) is 27.0 Å². The maximum atomic E-state index is 8.84. The normalized spacial score (nSPS) is 11.5. The molecule has 16 heavy (non-hydrogen) atoms. The van der Waals surface area contributed by atoms with Crippen molar-refractivity contribution < 1.29 is 0 Å². The average Bonchev–Trinajstić information content (AvgIpc) is 2.32. The molecule has 0 aliphatic heterocycles. The molecule has 0 aliphatic carbocycles. The monoisotopic (exact) mass is 214 g/mol. The minimum atomic E-state index is 0.231. The number of hydrogen-bond acceptors (Lipinski definition) is 2. The molecule has 1 atom stereocenters. The van der Waals surface area contributed by atoms with Crippen LogP contribution < -0.4 is 4.90 Å². The molecule has 0 spiro atoms. The molecule has 0 aliphatic rings. The summed E-state index contributed by atoms with van der Waals surface area (Å²) in [6, 6.07) is 12.7. The Morgan fingerprint density at radius 3 is 2.62 bits per heavy atom. The van der Waals surface area contributed by atoms with Gasteiger partial charge >= 0.3 is 0 Å². The smallest absolute Gasteiger partial charge is 0.0643 e. The van der Waals surface area contributed by atoms with Crippen molar-refractivity contribution in [1.82, 2.24) is 0 Å². The maximum absolute atomic E-state index is 8.84. The quantitative estimate of drug-likeness (QED) is 0.679. The SMILES string of the molecule is C=CCC(CC#N)N(CC)c1ccccc1. The number of hydrogen-bond donors (Lipinski definition) is 0. The van der Waals surface area contributed by atoms with Gasteiger partial charge in [0.15, 0.2) is 0 Å². The molecular weight excluding hydrogens is 196 g/mol. The Morgan fingerprint density at radius 1 is 1.44 bits per heavy atom. The fourth-order valence-corrected chi connectivity index (χ4v) is 1.89. The van der Waals surface area contributed by atoms with Crippen molar-refractivity contribution in [3.8, 4) is 6.07 Å². The van der Waals surface area contributed by atoms with Crippen LogP contribution in [0.4, 0.5) is 5.69 Å². The molecule has 1 aromatic carbocycles. The molecule has 1 aromatic rings. The summed E-state index contributed by atoms with van der Waals surface area (Å²) in [4.78, 5) is 2.25. The lowest BCUT2D eigenvalue weighted by Gasteiger charge is -2.30. The van der Waals surface area contributed by atoms with Gasteiger partial charge in [-0.3, -0.25) is 0 Å². The van der Waals surface area contributed by atoms with Gasteiger partial charge in [-0.1, -0.05) is 24.3 Å². The van der Waals surface area contributed by atoms with Gasteiger partial charge in [-0.15, -0.1) is 6.58 Å². The van der Waals surface area contributed by atoms with Gasteiger partial charge in [0.1, 0.15) is 0 Å².